The molecule has 0 bridgehead atoms. The van der Waals surface area contributed by atoms with E-state index in [0.29, 0.717) is 5.71 Å². The highest BCUT2D eigenvalue weighted by atomic mass is 16.6. The monoisotopic (exact) mass is 256 g/mol. The van der Waals surface area contributed by atoms with E-state index < -0.39 is 4.92 Å². The topological polar surface area (TPSA) is 64.7 Å². The second-order valence-electron chi connectivity index (χ2n) is 3.79. The van der Waals surface area contributed by atoms with Gasteiger partial charge in [0.2, 0.25) is 0 Å². The minimum atomic E-state index is -0.431. The Kier molecular flexibility index (Phi) is 3.87. The minimum absolute atomic E-state index is 0.0496. The van der Waals surface area contributed by atoms with Crippen LogP contribution in [-0.4, -0.2) is 17.7 Å². The summed E-state index contributed by atoms with van der Waals surface area (Å²) in [6, 6.07) is 15.7. The summed E-state index contributed by atoms with van der Waals surface area (Å²) in [5, 5.41) is 14.6. The van der Waals surface area contributed by atoms with E-state index in [-0.39, 0.29) is 5.69 Å². The predicted octanol–water partition coefficient (Wildman–Crippen LogP) is 2.99. The van der Waals surface area contributed by atoms with E-state index in [2.05, 4.69) is 5.16 Å². The quantitative estimate of drug-likeness (QED) is 0.480. The Morgan fingerprint density at radius 2 is 1.63 bits per heavy atom. The van der Waals surface area contributed by atoms with Gasteiger partial charge < -0.3 is 4.84 Å². The normalized spacial score (nSPS) is 11.1. The van der Waals surface area contributed by atoms with Gasteiger partial charge in [0.1, 0.15) is 12.8 Å². The number of rotatable bonds is 4. The van der Waals surface area contributed by atoms with Gasteiger partial charge in [-0.25, -0.2) is 0 Å². The number of oxime groups is 1. The van der Waals surface area contributed by atoms with Gasteiger partial charge in [-0.3, -0.25) is 10.1 Å². The molecule has 0 unspecified atom stereocenters. The van der Waals surface area contributed by atoms with Gasteiger partial charge in [-0.2, -0.15) is 0 Å². The molecule has 0 aliphatic heterocycles. The Hall–Kier alpha value is -2.69. The van der Waals surface area contributed by atoms with E-state index in [1.165, 1.54) is 19.2 Å². The molecule has 5 heteroatoms. The Balaban J connectivity index is 2.41. The highest BCUT2D eigenvalue weighted by Crippen LogP contribution is 2.16. The zero-order valence-corrected chi connectivity index (χ0v) is 10.3. The molecular formula is C14H12N2O3. The molecular weight excluding hydrogens is 244 g/mol. The molecule has 0 fully saturated rings. The Bertz CT molecular complexity index is 592. The first-order chi connectivity index (χ1) is 9.22. The van der Waals surface area contributed by atoms with E-state index in [4.69, 9.17) is 4.84 Å². The summed E-state index contributed by atoms with van der Waals surface area (Å²) in [5.74, 6) is 0. The zero-order valence-electron chi connectivity index (χ0n) is 10.3. The fraction of sp³-hybridized carbons (Fsp3) is 0.0714. The van der Waals surface area contributed by atoms with Crippen LogP contribution in [-0.2, 0) is 4.84 Å². The van der Waals surface area contributed by atoms with Crippen LogP contribution in [0.2, 0.25) is 0 Å². The first kappa shape index (κ1) is 12.8. The molecule has 0 aromatic heterocycles. The van der Waals surface area contributed by atoms with Gasteiger partial charge in [0.25, 0.3) is 5.69 Å². The Morgan fingerprint density at radius 3 is 2.16 bits per heavy atom. The smallest absolute Gasteiger partial charge is 0.269 e. The van der Waals surface area contributed by atoms with E-state index in [1.807, 2.05) is 30.3 Å². The van der Waals surface area contributed by atoms with Crippen molar-refractivity contribution in [1.29, 1.82) is 0 Å². The molecule has 0 N–H and O–H groups in total. The summed E-state index contributed by atoms with van der Waals surface area (Å²) < 4.78 is 0. The highest BCUT2D eigenvalue weighted by molar-refractivity contribution is 6.12. The molecule has 0 saturated carbocycles. The molecule has 0 heterocycles. The van der Waals surface area contributed by atoms with Crippen LogP contribution >= 0.6 is 0 Å². The molecule has 5 nitrogen and oxygen atoms in total. The van der Waals surface area contributed by atoms with E-state index in [1.54, 1.807) is 12.1 Å². The van der Waals surface area contributed by atoms with Crippen LogP contribution < -0.4 is 0 Å². The second kappa shape index (κ2) is 5.77. The molecule has 2 aromatic rings. The van der Waals surface area contributed by atoms with Gasteiger partial charge in [-0.05, 0) is 12.1 Å². The SMILES string of the molecule is CO/N=C(\c1ccccc1)c1ccc([N+](=O)[O-])cc1. The average molecular weight is 256 g/mol. The average Bonchev–Trinajstić information content (AvgIpc) is 2.46. The number of non-ortho nitro benzene ring substituents is 1. The van der Waals surface area contributed by atoms with E-state index >= 15 is 0 Å². The van der Waals surface area contributed by atoms with Crippen LogP contribution in [0.3, 0.4) is 0 Å². The van der Waals surface area contributed by atoms with Crippen molar-refractivity contribution >= 4 is 11.4 Å². The third kappa shape index (κ3) is 2.95. The van der Waals surface area contributed by atoms with Gasteiger partial charge in [0.15, 0.2) is 0 Å². The predicted molar refractivity (Wildman–Crippen MR) is 72.2 cm³/mol. The van der Waals surface area contributed by atoms with E-state index in [0.717, 1.165) is 11.1 Å². The maximum absolute atomic E-state index is 10.6. The van der Waals surface area contributed by atoms with Crippen LogP contribution in [0.4, 0.5) is 5.69 Å². The molecule has 19 heavy (non-hydrogen) atoms. The molecule has 0 atom stereocenters. The maximum atomic E-state index is 10.6. The van der Waals surface area contributed by atoms with Crippen molar-refractivity contribution in [3.63, 3.8) is 0 Å². The van der Waals surface area contributed by atoms with Gasteiger partial charge in [0, 0.05) is 23.3 Å². The van der Waals surface area contributed by atoms with Crippen LogP contribution in [0.1, 0.15) is 11.1 Å². The van der Waals surface area contributed by atoms with Crippen molar-refractivity contribution in [2.45, 2.75) is 0 Å². The Labute approximate surface area is 110 Å². The van der Waals surface area contributed by atoms with Crippen molar-refractivity contribution in [3.05, 3.63) is 75.8 Å². The number of nitrogens with zero attached hydrogens (tertiary/aromatic N) is 2. The van der Waals surface area contributed by atoms with E-state index in [9.17, 15) is 10.1 Å². The summed E-state index contributed by atoms with van der Waals surface area (Å²) in [6.45, 7) is 0. The number of hydrogen-bond donors (Lipinski definition) is 0. The summed E-state index contributed by atoms with van der Waals surface area (Å²) in [5.41, 5.74) is 2.34. The van der Waals surface area contributed by atoms with Crippen LogP contribution in [0.15, 0.2) is 59.8 Å². The Morgan fingerprint density at radius 1 is 1.05 bits per heavy atom. The molecule has 0 radical (unpaired) electrons. The molecule has 96 valence electrons. The van der Waals surface area contributed by atoms with Crippen LogP contribution in [0.5, 0.6) is 0 Å². The first-order valence-corrected chi connectivity index (χ1v) is 5.64. The van der Waals surface area contributed by atoms with Crippen molar-refractivity contribution < 1.29 is 9.76 Å². The van der Waals surface area contributed by atoms with Crippen molar-refractivity contribution in [3.8, 4) is 0 Å². The third-order valence-electron chi connectivity index (χ3n) is 2.58. The summed E-state index contributed by atoms with van der Waals surface area (Å²) in [4.78, 5) is 15.0. The van der Waals surface area contributed by atoms with Crippen molar-refractivity contribution in [2.75, 3.05) is 7.11 Å². The summed E-state index contributed by atoms with van der Waals surface area (Å²) in [7, 11) is 1.47. The van der Waals surface area contributed by atoms with Gasteiger partial charge in [-0.1, -0.05) is 35.5 Å². The standard InChI is InChI=1S/C14H12N2O3/c1-19-15-14(11-5-3-2-4-6-11)12-7-9-13(10-8-12)16(17)18/h2-10H,1H3/b15-14+. The number of hydrogen-bond acceptors (Lipinski definition) is 4. The first-order valence-electron chi connectivity index (χ1n) is 5.64. The molecule has 0 aliphatic rings. The summed E-state index contributed by atoms with van der Waals surface area (Å²) in [6.07, 6.45) is 0. The number of nitro benzene ring substituents is 1. The molecule has 0 aliphatic carbocycles. The molecule has 2 rings (SSSR count). The lowest BCUT2D eigenvalue weighted by Gasteiger charge is -2.05. The summed E-state index contributed by atoms with van der Waals surface area (Å²) >= 11 is 0. The molecule has 0 spiro atoms. The molecule has 2 aromatic carbocycles. The lowest BCUT2D eigenvalue weighted by Crippen LogP contribution is -2.04. The minimum Gasteiger partial charge on any atom is -0.399 e. The molecule has 0 amide bonds. The maximum Gasteiger partial charge on any atom is 0.269 e. The van der Waals surface area contributed by atoms with Crippen molar-refractivity contribution in [1.82, 2.24) is 0 Å². The lowest BCUT2D eigenvalue weighted by molar-refractivity contribution is -0.384. The lowest BCUT2D eigenvalue weighted by atomic mass is 10.0. The fourth-order valence-electron chi connectivity index (χ4n) is 1.70. The van der Waals surface area contributed by atoms with Gasteiger partial charge in [0.05, 0.1) is 4.92 Å². The van der Waals surface area contributed by atoms with Crippen molar-refractivity contribution in [2.24, 2.45) is 5.16 Å². The fourth-order valence-corrected chi connectivity index (χ4v) is 1.70. The zero-order chi connectivity index (χ0) is 13.7. The largest absolute Gasteiger partial charge is 0.399 e. The van der Waals surface area contributed by atoms with Gasteiger partial charge in [-0.15, -0.1) is 0 Å². The van der Waals surface area contributed by atoms with Gasteiger partial charge >= 0.3 is 0 Å². The highest BCUT2D eigenvalue weighted by Gasteiger charge is 2.10. The van der Waals surface area contributed by atoms with Crippen LogP contribution in [0, 0.1) is 10.1 Å². The second-order valence-corrected chi connectivity index (χ2v) is 3.79. The number of nitro groups is 1. The number of benzene rings is 2. The third-order valence-corrected chi connectivity index (χ3v) is 2.58. The van der Waals surface area contributed by atoms with Crippen LogP contribution in [0.25, 0.3) is 0 Å². The molecule has 0 saturated heterocycles.